The first-order chi connectivity index (χ1) is 11.9. The van der Waals surface area contributed by atoms with Gasteiger partial charge in [0, 0.05) is 39.2 Å². The average Bonchev–Trinajstić information content (AvgIpc) is 3.34. The van der Waals surface area contributed by atoms with Crippen molar-refractivity contribution in [1.29, 1.82) is 0 Å². The molecule has 0 N–H and O–H groups in total. The van der Waals surface area contributed by atoms with E-state index in [1.807, 2.05) is 32.0 Å². The molecule has 1 aromatic heterocycles. The van der Waals surface area contributed by atoms with Crippen molar-refractivity contribution in [3.05, 3.63) is 17.5 Å². The number of aromatic nitrogens is 1. The van der Waals surface area contributed by atoms with Crippen molar-refractivity contribution in [3.63, 3.8) is 0 Å². The summed E-state index contributed by atoms with van der Waals surface area (Å²) in [6, 6.07) is 1.90. The molecule has 2 rings (SSSR count). The van der Waals surface area contributed by atoms with Gasteiger partial charge in [-0.25, -0.2) is 0 Å². The lowest BCUT2D eigenvalue weighted by Gasteiger charge is -2.22. The summed E-state index contributed by atoms with van der Waals surface area (Å²) in [6.45, 7) is 4.56. The molecule has 0 saturated heterocycles. The maximum absolute atomic E-state index is 12.3. The van der Waals surface area contributed by atoms with E-state index in [0.29, 0.717) is 31.2 Å². The van der Waals surface area contributed by atoms with E-state index < -0.39 is 0 Å². The number of nitrogens with zero attached hydrogens (tertiary/aromatic N) is 4. The molecule has 0 radical (unpaired) electrons. The van der Waals surface area contributed by atoms with Gasteiger partial charge in [0.2, 0.25) is 11.8 Å². The SMILES string of the molecule is CCN(C)CC(=O)N(C)CCCN(C)C(=O)Cc1cc(C2CC2)on1. The zero-order valence-corrected chi connectivity index (χ0v) is 15.8. The van der Waals surface area contributed by atoms with E-state index in [4.69, 9.17) is 4.52 Å². The smallest absolute Gasteiger partial charge is 0.236 e. The quantitative estimate of drug-likeness (QED) is 0.637. The van der Waals surface area contributed by atoms with Crippen LogP contribution < -0.4 is 0 Å². The molecule has 1 aliphatic rings. The van der Waals surface area contributed by atoms with Gasteiger partial charge in [0.1, 0.15) is 5.76 Å². The Morgan fingerprint density at radius 2 is 1.80 bits per heavy atom. The molecule has 1 fully saturated rings. The topological polar surface area (TPSA) is 69.9 Å². The highest BCUT2D eigenvalue weighted by Gasteiger charge is 2.28. The van der Waals surface area contributed by atoms with Crippen LogP contribution in [0.5, 0.6) is 0 Å². The molecule has 0 aliphatic heterocycles. The number of amides is 2. The lowest BCUT2D eigenvalue weighted by molar-refractivity contribution is -0.131. The highest BCUT2D eigenvalue weighted by molar-refractivity contribution is 5.78. The van der Waals surface area contributed by atoms with Gasteiger partial charge in [0.25, 0.3) is 0 Å². The van der Waals surface area contributed by atoms with Crippen LogP contribution in [-0.2, 0) is 16.0 Å². The minimum atomic E-state index is 0.0235. The molecule has 140 valence electrons. The monoisotopic (exact) mass is 350 g/mol. The van der Waals surface area contributed by atoms with Gasteiger partial charge in [0.05, 0.1) is 18.7 Å². The summed E-state index contributed by atoms with van der Waals surface area (Å²) in [5.74, 6) is 1.54. The molecule has 0 aromatic carbocycles. The summed E-state index contributed by atoms with van der Waals surface area (Å²) in [6.07, 6.45) is 3.33. The standard InChI is InChI=1S/C18H30N4O3/c1-5-20(2)13-18(24)22(4)10-6-9-21(3)17(23)12-15-11-16(25-19-15)14-7-8-14/h11,14H,5-10,12-13H2,1-4H3. The summed E-state index contributed by atoms with van der Waals surface area (Å²) in [5, 5.41) is 3.99. The predicted molar refractivity (Wildman–Crippen MR) is 95.2 cm³/mol. The molecule has 0 unspecified atom stereocenters. The highest BCUT2D eigenvalue weighted by Crippen LogP contribution is 2.40. The second-order valence-electron chi connectivity index (χ2n) is 6.99. The average molecular weight is 350 g/mol. The van der Waals surface area contributed by atoms with Gasteiger partial charge >= 0.3 is 0 Å². The van der Waals surface area contributed by atoms with E-state index in [9.17, 15) is 9.59 Å². The van der Waals surface area contributed by atoms with E-state index >= 15 is 0 Å². The van der Waals surface area contributed by atoms with Gasteiger partial charge in [-0.2, -0.15) is 0 Å². The first-order valence-corrected chi connectivity index (χ1v) is 9.02. The molecule has 0 atom stereocenters. The largest absolute Gasteiger partial charge is 0.361 e. The number of carbonyl (C=O) groups excluding carboxylic acids is 2. The molecule has 25 heavy (non-hydrogen) atoms. The summed E-state index contributed by atoms with van der Waals surface area (Å²) in [5.41, 5.74) is 0.702. The number of hydrogen-bond donors (Lipinski definition) is 0. The van der Waals surface area contributed by atoms with Crippen molar-refractivity contribution < 1.29 is 14.1 Å². The second-order valence-corrected chi connectivity index (χ2v) is 6.99. The van der Waals surface area contributed by atoms with Crippen molar-refractivity contribution in [2.75, 3.05) is 47.3 Å². The molecular weight excluding hydrogens is 320 g/mol. The van der Waals surface area contributed by atoms with Crippen molar-refractivity contribution in [3.8, 4) is 0 Å². The Morgan fingerprint density at radius 3 is 2.40 bits per heavy atom. The maximum atomic E-state index is 12.3. The fourth-order valence-electron chi connectivity index (χ4n) is 2.52. The van der Waals surface area contributed by atoms with Crippen LogP contribution in [0.15, 0.2) is 10.6 Å². The van der Waals surface area contributed by atoms with Crippen LogP contribution in [-0.4, -0.2) is 79.0 Å². The van der Waals surface area contributed by atoms with Crippen LogP contribution in [0.3, 0.4) is 0 Å². The summed E-state index contributed by atoms with van der Waals surface area (Å²) in [4.78, 5) is 29.7. The molecular formula is C18H30N4O3. The minimum absolute atomic E-state index is 0.0235. The number of hydrogen-bond acceptors (Lipinski definition) is 5. The van der Waals surface area contributed by atoms with Gasteiger partial charge in [-0.15, -0.1) is 0 Å². The molecule has 7 heteroatoms. The Balaban J connectivity index is 1.67. The molecule has 1 heterocycles. The zero-order valence-electron chi connectivity index (χ0n) is 15.8. The third kappa shape index (κ3) is 6.16. The first kappa shape index (κ1) is 19.4. The summed E-state index contributed by atoms with van der Waals surface area (Å²) < 4.78 is 5.28. The number of carbonyl (C=O) groups is 2. The first-order valence-electron chi connectivity index (χ1n) is 9.02. The van der Waals surface area contributed by atoms with Gasteiger partial charge in [0.15, 0.2) is 0 Å². The van der Waals surface area contributed by atoms with E-state index in [2.05, 4.69) is 5.16 Å². The predicted octanol–water partition coefficient (Wildman–Crippen LogP) is 1.35. The van der Waals surface area contributed by atoms with Crippen LogP contribution in [0.1, 0.15) is 43.6 Å². The molecule has 1 aliphatic carbocycles. The molecule has 1 saturated carbocycles. The van der Waals surface area contributed by atoms with Crippen LogP contribution >= 0.6 is 0 Å². The summed E-state index contributed by atoms with van der Waals surface area (Å²) >= 11 is 0. The molecule has 0 bridgehead atoms. The third-order valence-corrected chi connectivity index (χ3v) is 4.67. The Morgan fingerprint density at radius 1 is 1.16 bits per heavy atom. The Bertz CT molecular complexity index is 583. The van der Waals surface area contributed by atoms with Crippen molar-refractivity contribution >= 4 is 11.8 Å². The fourth-order valence-corrected chi connectivity index (χ4v) is 2.52. The maximum Gasteiger partial charge on any atom is 0.236 e. The van der Waals surface area contributed by atoms with Crippen molar-refractivity contribution in [2.45, 2.75) is 38.5 Å². The Kier molecular flexibility index (Phi) is 6.99. The third-order valence-electron chi connectivity index (χ3n) is 4.67. The zero-order chi connectivity index (χ0) is 18.4. The summed E-state index contributed by atoms with van der Waals surface area (Å²) in [7, 11) is 5.52. The second kappa shape index (κ2) is 8.99. The van der Waals surface area contributed by atoms with Crippen molar-refractivity contribution in [1.82, 2.24) is 19.9 Å². The highest BCUT2D eigenvalue weighted by atomic mass is 16.5. The van der Waals surface area contributed by atoms with Crippen LogP contribution in [0.25, 0.3) is 0 Å². The lowest BCUT2D eigenvalue weighted by atomic mass is 10.2. The van der Waals surface area contributed by atoms with E-state index in [0.717, 1.165) is 31.6 Å². The molecule has 1 aromatic rings. The van der Waals surface area contributed by atoms with E-state index in [1.54, 1.807) is 16.8 Å². The molecule has 7 nitrogen and oxygen atoms in total. The van der Waals surface area contributed by atoms with Crippen LogP contribution in [0.4, 0.5) is 0 Å². The Labute approximate surface area is 149 Å². The van der Waals surface area contributed by atoms with Crippen LogP contribution in [0.2, 0.25) is 0 Å². The lowest BCUT2D eigenvalue weighted by Crippen LogP contribution is -2.38. The van der Waals surface area contributed by atoms with Gasteiger partial charge < -0.3 is 14.3 Å². The normalized spacial score (nSPS) is 14.0. The molecule has 2 amide bonds. The molecule has 0 spiro atoms. The minimum Gasteiger partial charge on any atom is -0.361 e. The van der Waals surface area contributed by atoms with Gasteiger partial charge in [-0.1, -0.05) is 12.1 Å². The van der Waals surface area contributed by atoms with Gasteiger partial charge in [-0.3, -0.25) is 14.5 Å². The van der Waals surface area contributed by atoms with E-state index in [1.165, 1.54) is 0 Å². The Hall–Kier alpha value is -1.89. The van der Waals surface area contributed by atoms with Crippen molar-refractivity contribution in [2.24, 2.45) is 0 Å². The van der Waals surface area contributed by atoms with Gasteiger partial charge in [-0.05, 0) is 32.9 Å². The van der Waals surface area contributed by atoms with E-state index in [-0.39, 0.29) is 18.2 Å². The fraction of sp³-hybridized carbons (Fsp3) is 0.722. The number of likely N-dealkylation sites (N-methyl/N-ethyl adjacent to an activating group) is 3. The number of rotatable bonds is 10. The van der Waals surface area contributed by atoms with Crippen LogP contribution in [0, 0.1) is 0 Å².